The third-order valence-electron chi connectivity index (χ3n) is 9.82. The summed E-state index contributed by atoms with van der Waals surface area (Å²) in [6, 6.07) is 69.9. The molecule has 0 aliphatic rings. The van der Waals surface area contributed by atoms with Gasteiger partial charge in [-0.15, -0.1) is 11.8 Å². The Bertz CT molecular complexity index is 2070. The zero-order valence-corrected chi connectivity index (χ0v) is 31.8. The van der Waals surface area contributed by atoms with Crippen molar-refractivity contribution < 1.29 is 14.3 Å². The van der Waals surface area contributed by atoms with Gasteiger partial charge in [-0.05, 0) is 38.9 Å². The van der Waals surface area contributed by atoms with E-state index in [0.29, 0.717) is 5.75 Å². The Balaban J connectivity index is 1.22. The summed E-state index contributed by atoms with van der Waals surface area (Å²) in [4.78, 5) is 28.2. The molecule has 0 saturated heterocycles. The zero-order chi connectivity index (χ0) is 38.4. The van der Waals surface area contributed by atoms with E-state index >= 15 is 0 Å². The summed E-state index contributed by atoms with van der Waals surface area (Å²) >= 11 is 1.70. The molecule has 56 heavy (non-hydrogen) atoms. The third kappa shape index (κ3) is 9.17. The number of benzene rings is 7. The van der Waals surface area contributed by atoms with Crippen molar-refractivity contribution in [3.8, 4) is 0 Å². The summed E-state index contributed by atoms with van der Waals surface area (Å²) in [7, 11) is 0. The number of ether oxygens (including phenoxy) is 1. The molecular formula is C50H44N2O3S. The SMILES string of the molecule is O=C(CNC(=O)[C@H](CSC(c1ccccc1)(c1ccccc1)c1ccccc1)NC(c1ccccc1)c1ccccc1)OC(c1ccccc1)c1ccccc1. The molecule has 0 heterocycles. The Morgan fingerprint density at radius 3 is 1.20 bits per heavy atom. The quantitative estimate of drug-likeness (QED) is 0.0760. The van der Waals surface area contributed by atoms with Crippen molar-refractivity contribution in [2.24, 2.45) is 0 Å². The molecule has 7 aromatic rings. The molecule has 1 atom stereocenters. The van der Waals surface area contributed by atoms with Crippen molar-refractivity contribution in [1.82, 2.24) is 10.6 Å². The number of hydrogen-bond acceptors (Lipinski definition) is 5. The largest absolute Gasteiger partial charge is 0.451 e. The van der Waals surface area contributed by atoms with Crippen molar-refractivity contribution in [3.63, 3.8) is 0 Å². The van der Waals surface area contributed by atoms with Gasteiger partial charge in [0.05, 0.1) is 16.8 Å². The number of rotatable bonds is 16. The maximum atomic E-state index is 14.6. The van der Waals surface area contributed by atoms with E-state index < -0.39 is 22.9 Å². The molecule has 278 valence electrons. The molecule has 2 N–H and O–H groups in total. The Morgan fingerprint density at radius 2 is 0.821 bits per heavy atom. The van der Waals surface area contributed by atoms with Gasteiger partial charge in [-0.2, -0.15) is 0 Å². The minimum Gasteiger partial charge on any atom is -0.451 e. The maximum Gasteiger partial charge on any atom is 0.326 e. The standard InChI is InChI=1S/C50H44N2O3S/c53-46(55-48(40-26-12-3-13-27-40)41-28-14-4-15-29-41)36-51-49(54)45(52-47(38-22-8-1-9-23-38)39-24-10-2-11-25-39)37-56-50(42-30-16-5-17-31-42,43-32-18-6-19-33-43)44-34-20-7-21-35-44/h1-35,45,47-48,52H,36-37H2,(H,51,54)/t45-/m0/s1. The predicted octanol–water partition coefficient (Wildman–Crippen LogP) is 9.91. The number of hydrogen-bond donors (Lipinski definition) is 2. The molecular weight excluding hydrogens is 709 g/mol. The first-order chi connectivity index (χ1) is 27.6. The number of thioether (sulfide) groups is 1. The van der Waals surface area contributed by atoms with E-state index in [1.54, 1.807) is 11.8 Å². The predicted molar refractivity (Wildman–Crippen MR) is 227 cm³/mol. The van der Waals surface area contributed by atoms with Crippen LogP contribution >= 0.6 is 11.8 Å². The smallest absolute Gasteiger partial charge is 0.326 e. The summed E-state index contributed by atoms with van der Waals surface area (Å²) in [6.07, 6.45) is -0.616. The van der Waals surface area contributed by atoms with Crippen LogP contribution in [0.15, 0.2) is 212 Å². The number of esters is 1. The Kier molecular flexibility index (Phi) is 12.8. The van der Waals surface area contributed by atoms with Gasteiger partial charge >= 0.3 is 5.97 Å². The second-order valence-electron chi connectivity index (χ2n) is 13.5. The molecule has 7 aromatic carbocycles. The van der Waals surface area contributed by atoms with Gasteiger partial charge < -0.3 is 10.1 Å². The molecule has 5 nitrogen and oxygen atoms in total. The van der Waals surface area contributed by atoms with Gasteiger partial charge in [0.15, 0.2) is 6.10 Å². The van der Waals surface area contributed by atoms with E-state index in [4.69, 9.17) is 4.74 Å². The van der Waals surface area contributed by atoms with Gasteiger partial charge in [0, 0.05) is 5.75 Å². The highest BCUT2D eigenvalue weighted by Crippen LogP contribution is 2.48. The second kappa shape index (κ2) is 18.9. The lowest BCUT2D eigenvalue weighted by Crippen LogP contribution is -2.49. The van der Waals surface area contributed by atoms with Crippen LogP contribution in [0.1, 0.15) is 51.1 Å². The Labute approximate surface area is 333 Å². The molecule has 0 unspecified atom stereocenters. The fourth-order valence-electron chi connectivity index (χ4n) is 7.09. The van der Waals surface area contributed by atoms with Crippen LogP contribution in [0.4, 0.5) is 0 Å². The van der Waals surface area contributed by atoms with E-state index in [0.717, 1.165) is 38.9 Å². The first-order valence-electron chi connectivity index (χ1n) is 18.9. The number of amides is 1. The number of carbonyl (C=O) groups is 2. The lowest BCUT2D eigenvalue weighted by molar-refractivity contribution is -0.147. The summed E-state index contributed by atoms with van der Waals surface area (Å²) in [5, 5.41) is 6.71. The molecule has 0 saturated carbocycles. The summed E-state index contributed by atoms with van der Waals surface area (Å²) in [5.74, 6) is -0.463. The minimum absolute atomic E-state index is 0.291. The molecule has 7 rings (SSSR count). The van der Waals surface area contributed by atoms with Gasteiger partial charge in [-0.25, -0.2) is 0 Å². The first kappa shape index (κ1) is 38.1. The van der Waals surface area contributed by atoms with Gasteiger partial charge in [0.2, 0.25) is 5.91 Å². The molecule has 0 fully saturated rings. The maximum absolute atomic E-state index is 14.6. The van der Waals surface area contributed by atoms with Crippen molar-refractivity contribution in [3.05, 3.63) is 251 Å². The van der Waals surface area contributed by atoms with Crippen LogP contribution in [-0.2, 0) is 19.1 Å². The van der Waals surface area contributed by atoms with Gasteiger partial charge in [-0.1, -0.05) is 212 Å². The van der Waals surface area contributed by atoms with Crippen LogP contribution < -0.4 is 10.6 Å². The van der Waals surface area contributed by atoms with Gasteiger partial charge in [0.1, 0.15) is 6.54 Å². The van der Waals surface area contributed by atoms with Crippen molar-refractivity contribution >= 4 is 23.6 Å². The molecule has 0 spiro atoms. The molecule has 0 radical (unpaired) electrons. The van der Waals surface area contributed by atoms with E-state index in [1.165, 1.54) is 0 Å². The summed E-state index contributed by atoms with van der Waals surface area (Å²) in [6.45, 7) is -0.291. The number of carbonyl (C=O) groups excluding carboxylic acids is 2. The molecule has 0 aliphatic carbocycles. The Hall–Kier alpha value is -6.21. The van der Waals surface area contributed by atoms with Crippen molar-refractivity contribution in [2.45, 2.75) is 22.9 Å². The third-order valence-corrected chi connectivity index (χ3v) is 11.5. The molecule has 0 aliphatic heterocycles. The lowest BCUT2D eigenvalue weighted by atomic mass is 9.84. The molecule has 1 amide bonds. The molecule has 6 heteroatoms. The highest BCUT2D eigenvalue weighted by atomic mass is 32.2. The average molecular weight is 753 g/mol. The van der Waals surface area contributed by atoms with Crippen LogP contribution in [0, 0.1) is 0 Å². The van der Waals surface area contributed by atoms with Gasteiger partial charge in [-0.3, -0.25) is 14.9 Å². The Morgan fingerprint density at radius 1 is 0.482 bits per heavy atom. The number of nitrogens with one attached hydrogen (secondary N) is 2. The first-order valence-corrected chi connectivity index (χ1v) is 19.8. The lowest BCUT2D eigenvalue weighted by Gasteiger charge is -2.37. The summed E-state index contributed by atoms with van der Waals surface area (Å²) < 4.78 is 5.42. The van der Waals surface area contributed by atoms with Crippen LogP contribution in [-0.4, -0.2) is 30.2 Å². The highest BCUT2D eigenvalue weighted by molar-refractivity contribution is 8.00. The van der Waals surface area contributed by atoms with E-state index in [9.17, 15) is 9.59 Å². The average Bonchev–Trinajstić information content (AvgIpc) is 3.28. The van der Waals surface area contributed by atoms with Crippen molar-refractivity contribution in [2.75, 3.05) is 12.3 Å². The summed E-state index contributed by atoms with van der Waals surface area (Å²) in [5.41, 5.74) is 7.04. The molecule has 0 aromatic heterocycles. The van der Waals surface area contributed by atoms with Gasteiger partial charge in [0.25, 0.3) is 0 Å². The van der Waals surface area contributed by atoms with Crippen molar-refractivity contribution in [1.29, 1.82) is 0 Å². The minimum atomic E-state index is -0.729. The van der Waals surface area contributed by atoms with Crippen LogP contribution in [0.25, 0.3) is 0 Å². The van der Waals surface area contributed by atoms with Crippen LogP contribution in [0.5, 0.6) is 0 Å². The van der Waals surface area contributed by atoms with E-state index in [-0.39, 0.29) is 18.5 Å². The van der Waals surface area contributed by atoms with E-state index in [1.807, 2.05) is 115 Å². The second-order valence-corrected chi connectivity index (χ2v) is 14.7. The highest BCUT2D eigenvalue weighted by Gasteiger charge is 2.39. The normalized spacial score (nSPS) is 11.9. The van der Waals surface area contributed by atoms with Crippen LogP contribution in [0.3, 0.4) is 0 Å². The zero-order valence-electron chi connectivity index (χ0n) is 31.0. The fraction of sp³-hybridized carbons (Fsp3) is 0.120. The topological polar surface area (TPSA) is 67.4 Å². The van der Waals surface area contributed by atoms with E-state index in [2.05, 4.69) is 108 Å². The monoisotopic (exact) mass is 752 g/mol. The fourth-order valence-corrected chi connectivity index (χ4v) is 8.67. The molecule has 0 bridgehead atoms. The van der Waals surface area contributed by atoms with Crippen LogP contribution in [0.2, 0.25) is 0 Å².